The first kappa shape index (κ1) is 22.0. The molecule has 152 valence electrons. The minimum atomic E-state index is -3.71. The Labute approximate surface area is 171 Å². The normalized spacial score (nSPS) is 12.3. The first-order valence-corrected chi connectivity index (χ1v) is 11.1. The van der Waals surface area contributed by atoms with Crippen molar-refractivity contribution in [3.05, 3.63) is 59.1 Å². The molecule has 1 N–H and O–H groups in total. The first-order chi connectivity index (χ1) is 13.3. The van der Waals surface area contributed by atoms with Crippen molar-refractivity contribution in [3.8, 4) is 5.75 Å². The van der Waals surface area contributed by atoms with Crippen molar-refractivity contribution in [3.63, 3.8) is 0 Å². The number of benzene rings is 2. The molecule has 0 unspecified atom stereocenters. The lowest BCUT2D eigenvalue weighted by Crippen LogP contribution is -2.49. The number of sulfonamides is 1. The molecule has 2 rings (SSSR count). The number of methoxy groups -OCH3 is 1. The van der Waals surface area contributed by atoms with Gasteiger partial charge in [0, 0.05) is 6.54 Å². The Morgan fingerprint density at radius 3 is 2.43 bits per heavy atom. The van der Waals surface area contributed by atoms with Crippen molar-refractivity contribution >= 4 is 33.2 Å². The van der Waals surface area contributed by atoms with E-state index in [1.54, 1.807) is 19.1 Å². The molecule has 2 aromatic rings. The Kier molecular flexibility index (Phi) is 7.71. The second kappa shape index (κ2) is 9.80. The van der Waals surface area contributed by atoms with Gasteiger partial charge in [0.1, 0.15) is 11.8 Å². The standard InChI is InChI=1S/C20H25ClN2O4S/c1-4-18(20(24)22-13-12-15-8-6-5-7-9-15)23(28(3,25)26)16-10-11-19(27-2)17(21)14-16/h5-11,14,18H,4,12-13H2,1-3H3,(H,22,24)/t18-/m0/s1. The zero-order chi connectivity index (χ0) is 20.7. The maximum atomic E-state index is 12.8. The summed E-state index contributed by atoms with van der Waals surface area (Å²) in [6.07, 6.45) is 2.05. The van der Waals surface area contributed by atoms with Gasteiger partial charge >= 0.3 is 0 Å². The molecule has 0 radical (unpaired) electrons. The molecule has 0 bridgehead atoms. The SMILES string of the molecule is CC[C@@H](C(=O)NCCc1ccccc1)N(c1ccc(OC)c(Cl)c1)S(C)(=O)=O. The van der Waals surface area contributed by atoms with Gasteiger partial charge in [-0.2, -0.15) is 0 Å². The second-order valence-electron chi connectivity index (χ2n) is 6.33. The van der Waals surface area contributed by atoms with E-state index < -0.39 is 16.1 Å². The Morgan fingerprint density at radius 2 is 1.89 bits per heavy atom. The molecule has 0 aliphatic carbocycles. The van der Waals surface area contributed by atoms with E-state index >= 15 is 0 Å². The average Bonchev–Trinajstić information content (AvgIpc) is 2.65. The van der Waals surface area contributed by atoms with Gasteiger partial charge in [-0.05, 0) is 36.6 Å². The number of carbonyl (C=O) groups excluding carboxylic acids is 1. The smallest absolute Gasteiger partial charge is 0.243 e. The van der Waals surface area contributed by atoms with Gasteiger partial charge in [0.15, 0.2) is 0 Å². The molecule has 8 heteroatoms. The summed E-state index contributed by atoms with van der Waals surface area (Å²) in [5.41, 5.74) is 1.41. The predicted molar refractivity (Wildman–Crippen MR) is 113 cm³/mol. The van der Waals surface area contributed by atoms with Crippen LogP contribution in [0.5, 0.6) is 5.75 Å². The highest BCUT2D eigenvalue weighted by molar-refractivity contribution is 7.92. The molecule has 0 saturated heterocycles. The van der Waals surface area contributed by atoms with E-state index in [2.05, 4.69) is 5.32 Å². The van der Waals surface area contributed by atoms with Gasteiger partial charge in [0.25, 0.3) is 0 Å². The third-order valence-electron chi connectivity index (χ3n) is 4.28. The topological polar surface area (TPSA) is 75.7 Å². The summed E-state index contributed by atoms with van der Waals surface area (Å²) in [5.74, 6) is 0.0787. The number of amides is 1. The molecule has 6 nitrogen and oxygen atoms in total. The van der Waals surface area contributed by atoms with Crippen LogP contribution >= 0.6 is 11.6 Å². The van der Waals surface area contributed by atoms with Crippen LogP contribution in [-0.2, 0) is 21.2 Å². The van der Waals surface area contributed by atoms with Crippen molar-refractivity contribution < 1.29 is 17.9 Å². The molecular weight excluding hydrogens is 400 g/mol. The monoisotopic (exact) mass is 424 g/mol. The van der Waals surface area contributed by atoms with Crippen molar-refractivity contribution in [2.75, 3.05) is 24.2 Å². The summed E-state index contributed by atoms with van der Waals surface area (Å²) in [5, 5.41) is 3.11. The number of anilines is 1. The van der Waals surface area contributed by atoms with Gasteiger partial charge < -0.3 is 10.1 Å². The fourth-order valence-corrected chi connectivity index (χ4v) is 4.40. The van der Waals surface area contributed by atoms with Crippen molar-refractivity contribution in [2.24, 2.45) is 0 Å². The quantitative estimate of drug-likeness (QED) is 0.670. The highest BCUT2D eigenvalue weighted by Crippen LogP contribution is 2.31. The zero-order valence-electron chi connectivity index (χ0n) is 16.2. The third kappa shape index (κ3) is 5.62. The largest absolute Gasteiger partial charge is 0.495 e. The van der Waals surface area contributed by atoms with Gasteiger partial charge in [-0.3, -0.25) is 9.10 Å². The number of nitrogens with zero attached hydrogens (tertiary/aromatic N) is 1. The molecule has 0 heterocycles. The highest BCUT2D eigenvalue weighted by atomic mass is 35.5. The fourth-order valence-electron chi connectivity index (χ4n) is 2.95. The number of carbonyl (C=O) groups is 1. The predicted octanol–water partition coefficient (Wildman–Crippen LogP) is 3.25. The van der Waals surface area contributed by atoms with Gasteiger partial charge in [-0.1, -0.05) is 48.9 Å². The average molecular weight is 425 g/mol. The lowest BCUT2D eigenvalue weighted by Gasteiger charge is -2.30. The van der Waals surface area contributed by atoms with E-state index in [9.17, 15) is 13.2 Å². The summed E-state index contributed by atoms with van der Waals surface area (Å²) in [6, 6.07) is 13.5. The number of ether oxygens (including phenoxy) is 1. The van der Waals surface area contributed by atoms with E-state index in [4.69, 9.17) is 16.3 Å². The van der Waals surface area contributed by atoms with E-state index in [0.717, 1.165) is 16.1 Å². The molecule has 0 saturated carbocycles. The van der Waals surface area contributed by atoms with Crippen LogP contribution in [0.25, 0.3) is 0 Å². The van der Waals surface area contributed by atoms with Crippen LogP contribution in [0.3, 0.4) is 0 Å². The number of hydrogen-bond acceptors (Lipinski definition) is 4. The van der Waals surface area contributed by atoms with Crippen LogP contribution in [0.1, 0.15) is 18.9 Å². The van der Waals surface area contributed by atoms with Gasteiger partial charge in [0.05, 0.1) is 24.1 Å². The zero-order valence-corrected chi connectivity index (χ0v) is 17.8. The van der Waals surface area contributed by atoms with Gasteiger partial charge in [-0.15, -0.1) is 0 Å². The Balaban J connectivity index is 2.20. The van der Waals surface area contributed by atoms with E-state index in [1.807, 2.05) is 30.3 Å². The minimum absolute atomic E-state index is 0.271. The second-order valence-corrected chi connectivity index (χ2v) is 8.59. The molecule has 1 amide bonds. The van der Waals surface area contributed by atoms with Crippen molar-refractivity contribution in [1.82, 2.24) is 5.32 Å². The summed E-state index contributed by atoms with van der Waals surface area (Å²) in [6.45, 7) is 2.19. The molecule has 0 fully saturated rings. The highest BCUT2D eigenvalue weighted by Gasteiger charge is 2.31. The third-order valence-corrected chi connectivity index (χ3v) is 5.75. The maximum Gasteiger partial charge on any atom is 0.243 e. The minimum Gasteiger partial charge on any atom is -0.495 e. The van der Waals surface area contributed by atoms with Crippen LogP contribution < -0.4 is 14.4 Å². The van der Waals surface area contributed by atoms with Crippen LogP contribution in [0.2, 0.25) is 5.02 Å². The van der Waals surface area contributed by atoms with Crippen LogP contribution in [0.4, 0.5) is 5.69 Å². The number of nitrogens with one attached hydrogen (secondary N) is 1. The number of halogens is 1. The summed E-state index contributed by atoms with van der Waals surface area (Å²) in [7, 11) is -2.24. The van der Waals surface area contributed by atoms with E-state index in [-0.39, 0.29) is 10.9 Å². The van der Waals surface area contributed by atoms with Crippen LogP contribution in [0, 0.1) is 0 Å². The molecule has 2 aromatic carbocycles. The Morgan fingerprint density at radius 1 is 1.21 bits per heavy atom. The maximum absolute atomic E-state index is 12.8. The molecule has 0 aliphatic heterocycles. The van der Waals surface area contributed by atoms with Gasteiger partial charge in [0.2, 0.25) is 15.9 Å². The molecule has 0 aliphatic rings. The summed E-state index contributed by atoms with van der Waals surface area (Å²) < 4.78 is 31.2. The Bertz CT molecular complexity index is 904. The molecule has 0 aromatic heterocycles. The van der Waals surface area contributed by atoms with Crippen molar-refractivity contribution in [1.29, 1.82) is 0 Å². The van der Waals surface area contributed by atoms with Crippen LogP contribution in [-0.4, -0.2) is 40.3 Å². The lowest BCUT2D eigenvalue weighted by molar-refractivity contribution is -0.122. The lowest BCUT2D eigenvalue weighted by atomic mass is 10.1. The van der Waals surface area contributed by atoms with E-state index in [1.165, 1.54) is 13.2 Å². The van der Waals surface area contributed by atoms with Crippen LogP contribution in [0.15, 0.2) is 48.5 Å². The molecule has 28 heavy (non-hydrogen) atoms. The molecular formula is C20H25ClN2O4S. The first-order valence-electron chi connectivity index (χ1n) is 8.92. The fraction of sp³-hybridized carbons (Fsp3) is 0.350. The summed E-state index contributed by atoms with van der Waals surface area (Å²) >= 11 is 6.16. The number of rotatable bonds is 9. The molecule has 0 spiro atoms. The summed E-state index contributed by atoms with van der Waals surface area (Å²) in [4.78, 5) is 12.8. The number of hydrogen-bond donors (Lipinski definition) is 1. The van der Waals surface area contributed by atoms with Gasteiger partial charge in [-0.25, -0.2) is 8.42 Å². The Hall–Kier alpha value is -2.25. The van der Waals surface area contributed by atoms with E-state index in [0.29, 0.717) is 30.8 Å². The van der Waals surface area contributed by atoms with Crippen molar-refractivity contribution in [2.45, 2.75) is 25.8 Å². The molecule has 1 atom stereocenters.